The first-order chi connectivity index (χ1) is 4.70. The fraction of sp³-hybridized carbons (Fsp3) is 0.250. The van der Waals surface area contributed by atoms with Crippen molar-refractivity contribution in [1.29, 1.82) is 0 Å². The monoisotopic (exact) mass is 172 g/mol. The van der Waals surface area contributed by atoms with Gasteiger partial charge in [-0.3, -0.25) is 0 Å². The number of halogens is 1. The Morgan fingerprint density at radius 1 is 1.30 bits per heavy atom. The minimum atomic E-state index is 0.289. The lowest BCUT2D eigenvalue weighted by Crippen LogP contribution is -1.81. The minimum absolute atomic E-state index is 0.289. The summed E-state index contributed by atoms with van der Waals surface area (Å²) in [7, 11) is 0. The van der Waals surface area contributed by atoms with Crippen molar-refractivity contribution in [3.63, 3.8) is 0 Å². The second kappa shape index (κ2) is 3.31. The fourth-order valence-corrected chi connectivity index (χ4v) is 1.04. The van der Waals surface area contributed by atoms with E-state index in [0.717, 1.165) is 5.02 Å². The van der Waals surface area contributed by atoms with Gasteiger partial charge in [-0.25, -0.2) is 0 Å². The molecule has 1 aromatic carbocycles. The van der Waals surface area contributed by atoms with E-state index >= 15 is 0 Å². The van der Waals surface area contributed by atoms with Crippen molar-refractivity contribution in [1.82, 2.24) is 0 Å². The summed E-state index contributed by atoms with van der Waals surface area (Å²) in [5.41, 5.74) is 1.20. The molecule has 1 aromatic rings. The zero-order valence-electron chi connectivity index (χ0n) is 5.71. The number of benzene rings is 1. The summed E-state index contributed by atoms with van der Waals surface area (Å²) in [4.78, 5) is 0. The molecule has 0 N–H and O–H groups in total. The Kier molecular flexibility index (Phi) is 2.64. The Balaban J connectivity index is 2.89. The number of thiol groups is 1. The second-order valence-corrected chi connectivity index (χ2v) is 3.44. The topological polar surface area (TPSA) is 0 Å². The van der Waals surface area contributed by atoms with Crippen molar-refractivity contribution in [2.24, 2.45) is 0 Å². The molecule has 0 aliphatic carbocycles. The van der Waals surface area contributed by atoms with Crippen molar-refractivity contribution in [2.45, 2.75) is 12.2 Å². The summed E-state index contributed by atoms with van der Waals surface area (Å²) >= 11 is 9.97. The highest BCUT2D eigenvalue weighted by Crippen LogP contribution is 2.20. The molecule has 10 heavy (non-hydrogen) atoms. The molecule has 0 saturated heterocycles. The number of hydrogen-bond acceptors (Lipinski definition) is 1. The summed E-state index contributed by atoms with van der Waals surface area (Å²) in [5, 5.41) is 1.06. The lowest BCUT2D eigenvalue weighted by atomic mass is 10.2. The molecule has 2 heteroatoms. The van der Waals surface area contributed by atoms with E-state index in [9.17, 15) is 0 Å². The lowest BCUT2D eigenvalue weighted by molar-refractivity contribution is 1.11. The standard InChI is InChI=1S/C8H9ClS/c1-6(10)7-2-4-8(9)5-3-7/h2-6,10H,1H3. The Bertz CT molecular complexity index is 203. The van der Waals surface area contributed by atoms with Crippen LogP contribution < -0.4 is 0 Å². The number of rotatable bonds is 1. The normalized spacial score (nSPS) is 13.1. The van der Waals surface area contributed by atoms with Crippen LogP contribution in [0.4, 0.5) is 0 Å². The van der Waals surface area contributed by atoms with Gasteiger partial charge in [0.2, 0.25) is 0 Å². The molecule has 54 valence electrons. The van der Waals surface area contributed by atoms with Crippen LogP contribution in [-0.2, 0) is 0 Å². The first-order valence-electron chi connectivity index (χ1n) is 3.13. The molecule has 0 aliphatic rings. The highest BCUT2D eigenvalue weighted by Gasteiger charge is 1.96. The van der Waals surface area contributed by atoms with Crippen LogP contribution in [0.3, 0.4) is 0 Å². The van der Waals surface area contributed by atoms with Crippen LogP contribution in [-0.4, -0.2) is 0 Å². The summed E-state index contributed by atoms with van der Waals surface area (Å²) in [5.74, 6) is 0. The molecule has 0 bridgehead atoms. The van der Waals surface area contributed by atoms with Crippen LogP contribution >= 0.6 is 24.2 Å². The lowest BCUT2D eigenvalue weighted by Gasteiger charge is -2.02. The van der Waals surface area contributed by atoms with E-state index in [2.05, 4.69) is 12.6 Å². The van der Waals surface area contributed by atoms with E-state index in [1.807, 2.05) is 31.2 Å². The molecule has 1 rings (SSSR count). The molecule has 0 radical (unpaired) electrons. The summed E-state index contributed by atoms with van der Waals surface area (Å²) < 4.78 is 0. The van der Waals surface area contributed by atoms with Gasteiger partial charge in [0.15, 0.2) is 0 Å². The highest BCUT2D eigenvalue weighted by atomic mass is 35.5. The molecule has 0 fully saturated rings. The first-order valence-corrected chi connectivity index (χ1v) is 4.03. The maximum Gasteiger partial charge on any atom is 0.0406 e. The average molecular weight is 173 g/mol. The van der Waals surface area contributed by atoms with Crippen LogP contribution in [0.1, 0.15) is 17.7 Å². The molecule has 0 spiro atoms. The van der Waals surface area contributed by atoms with Gasteiger partial charge in [0.1, 0.15) is 0 Å². The molecule has 0 amide bonds. The van der Waals surface area contributed by atoms with Crippen molar-refractivity contribution >= 4 is 24.2 Å². The molecule has 0 nitrogen and oxygen atoms in total. The van der Waals surface area contributed by atoms with E-state index in [0.29, 0.717) is 0 Å². The zero-order valence-corrected chi connectivity index (χ0v) is 7.36. The first kappa shape index (κ1) is 7.96. The van der Waals surface area contributed by atoms with Gasteiger partial charge in [-0.05, 0) is 24.6 Å². The summed E-state index contributed by atoms with van der Waals surface area (Å²) in [6, 6.07) is 7.73. The average Bonchev–Trinajstić information content (AvgIpc) is 1.88. The van der Waals surface area contributed by atoms with Crippen LogP contribution in [0.5, 0.6) is 0 Å². The van der Waals surface area contributed by atoms with E-state index in [4.69, 9.17) is 11.6 Å². The van der Waals surface area contributed by atoms with Gasteiger partial charge in [-0.15, -0.1) is 0 Å². The molecule has 0 saturated carbocycles. The summed E-state index contributed by atoms with van der Waals surface area (Å²) in [6.45, 7) is 2.03. The summed E-state index contributed by atoms with van der Waals surface area (Å²) in [6.07, 6.45) is 0. The third kappa shape index (κ3) is 1.93. The SMILES string of the molecule is CC(S)c1ccc(Cl)cc1. The maximum absolute atomic E-state index is 5.69. The van der Waals surface area contributed by atoms with E-state index in [1.165, 1.54) is 5.56 Å². The van der Waals surface area contributed by atoms with Gasteiger partial charge in [-0.2, -0.15) is 12.6 Å². The Morgan fingerprint density at radius 2 is 1.80 bits per heavy atom. The van der Waals surface area contributed by atoms with Crippen LogP contribution in [0.2, 0.25) is 5.02 Å². The highest BCUT2D eigenvalue weighted by molar-refractivity contribution is 7.80. The minimum Gasteiger partial charge on any atom is -0.171 e. The van der Waals surface area contributed by atoms with Gasteiger partial charge in [0, 0.05) is 10.3 Å². The van der Waals surface area contributed by atoms with Crippen molar-refractivity contribution in [3.05, 3.63) is 34.9 Å². The quantitative estimate of drug-likeness (QED) is 0.618. The second-order valence-electron chi connectivity index (χ2n) is 2.23. The largest absolute Gasteiger partial charge is 0.171 e. The van der Waals surface area contributed by atoms with E-state index in [-0.39, 0.29) is 5.25 Å². The molecular weight excluding hydrogens is 164 g/mol. The molecule has 0 aromatic heterocycles. The van der Waals surface area contributed by atoms with E-state index < -0.39 is 0 Å². The van der Waals surface area contributed by atoms with Crippen molar-refractivity contribution in [2.75, 3.05) is 0 Å². The zero-order chi connectivity index (χ0) is 7.56. The van der Waals surface area contributed by atoms with E-state index in [1.54, 1.807) is 0 Å². The smallest absolute Gasteiger partial charge is 0.0406 e. The Hall–Kier alpha value is -0.140. The van der Waals surface area contributed by atoms with Gasteiger partial charge in [0.05, 0.1) is 0 Å². The Morgan fingerprint density at radius 3 is 2.20 bits per heavy atom. The van der Waals surface area contributed by atoms with Gasteiger partial charge >= 0.3 is 0 Å². The fourth-order valence-electron chi connectivity index (χ4n) is 0.741. The van der Waals surface area contributed by atoms with Crippen LogP contribution in [0, 0.1) is 0 Å². The molecule has 1 atom stereocenters. The van der Waals surface area contributed by atoms with Crippen LogP contribution in [0.25, 0.3) is 0 Å². The molecule has 0 heterocycles. The Labute approximate surface area is 71.6 Å². The third-order valence-corrected chi connectivity index (χ3v) is 1.90. The predicted octanol–water partition coefficient (Wildman–Crippen LogP) is 3.33. The van der Waals surface area contributed by atoms with Gasteiger partial charge in [0.25, 0.3) is 0 Å². The van der Waals surface area contributed by atoms with Gasteiger partial charge in [-0.1, -0.05) is 23.7 Å². The maximum atomic E-state index is 5.69. The molecule has 0 aliphatic heterocycles. The molecule has 1 unspecified atom stereocenters. The third-order valence-electron chi connectivity index (χ3n) is 1.35. The van der Waals surface area contributed by atoms with Gasteiger partial charge < -0.3 is 0 Å². The molecular formula is C8H9ClS. The predicted molar refractivity (Wildman–Crippen MR) is 48.9 cm³/mol. The van der Waals surface area contributed by atoms with Crippen LogP contribution in [0.15, 0.2) is 24.3 Å². The van der Waals surface area contributed by atoms with Crippen molar-refractivity contribution < 1.29 is 0 Å². The van der Waals surface area contributed by atoms with Crippen molar-refractivity contribution in [3.8, 4) is 0 Å². The number of hydrogen-bond donors (Lipinski definition) is 1.